The second-order valence-corrected chi connectivity index (χ2v) is 3.83. The highest BCUT2D eigenvalue weighted by Crippen LogP contribution is 2.27. The van der Waals surface area contributed by atoms with Crippen molar-refractivity contribution in [2.24, 2.45) is 0 Å². The van der Waals surface area contributed by atoms with E-state index in [0.29, 0.717) is 5.56 Å². The Labute approximate surface area is 98.0 Å². The maximum absolute atomic E-state index is 11.5. The average molecular weight is 229 g/mol. The van der Waals surface area contributed by atoms with Crippen molar-refractivity contribution in [3.63, 3.8) is 0 Å². The molecule has 5 nitrogen and oxygen atoms in total. The Bertz CT molecular complexity index is 589. The first-order chi connectivity index (χ1) is 8.29. The zero-order valence-electron chi connectivity index (χ0n) is 9.30. The molecule has 0 fully saturated rings. The van der Waals surface area contributed by atoms with Crippen LogP contribution in [0.25, 0.3) is 5.69 Å². The molecule has 0 amide bonds. The van der Waals surface area contributed by atoms with E-state index in [1.165, 1.54) is 7.11 Å². The molecule has 1 aromatic carbocycles. The smallest absolute Gasteiger partial charge is 0.337 e. The summed E-state index contributed by atoms with van der Waals surface area (Å²) in [5, 5.41) is 3.28. The van der Waals surface area contributed by atoms with Crippen molar-refractivity contribution in [1.29, 1.82) is 0 Å². The van der Waals surface area contributed by atoms with E-state index in [1.54, 1.807) is 24.7 Å². The van der Waals surface area contributed by atoms with Crippen LogP contribution in [0.2, 0.25) is 0 Å². The maximum Gasteiger partial charge on any atom is 0.337 e. The van der Waals surface area contributed by atoms with Crippen LogP contribution in [-0.4, -0.2) is 22.6 Å². The van der Waals surface area contributed by atoms with Crippen LogP contribution in [-0.2, 0) is 11.3 Å². The van der Waals surface area contributed by atoms with Gasteiger partial charge in [-0.25, -0.2) is 9.78 Å². The van der Waals surface area contributed by atoms with Crippen molar-refractivity contribution >= 4 is 11.7 Å². The molecule has 0 radical (unpaired) electrons. The molecule has 1 aromatic heterocycles. The Kier molecular flexibility index (Phi) is 2.11. The van der Waals surface area contributed by atoms with E-state index in [4.69, 9.17) is 4.74 Å². The van der Waals surface area contributed by atoms with E-state index in [9.17, 15) is 4.79 Å². The van der Waals surface area contributed by atoms with E-state index in [0.717, 1.165) is 23.6 Å². The number of nitrogens with zero attached hydrogens (tertiary/aromatic N) is 2. The number of ether oxygens (including phenoxy) is 1. The number of benzene rings is 1. The highest BCUT2D eigenvalue weighted by atomic mass is 16.5. The van der Waals surface area contributed by atoms with Gasteiger partial charge in [0.15, 0.2) is 0 Å². The molecule has 2 heterocycles. The molecular formula is C12H11N3O2. The highest BCUT2D eigenvalue weighted by Gasteiger charge is 2.17. The predicted octanol–water partition coefficient (Wildman–Crippen LogP) is 1.58. The Morgan fingerprint density at radius 2 is 2.41 bits per heavy atom. The van der Waals surface area contributed by atoms with Crippen molar-refractivity contribution in [1.82, 2.24) is 9.55 Å². The van der Waals surface area contributed by atoms with Crippen LogP contribution in [0.1, 0.15) is 16.1 Å². The molecule has 1 N–H and O–H groups in total. The lowest BCUT2D eigenvalue weighted by atomic mass is 10.1. The minimum absolute atomic E-state index is 0.333. The fourth-order valence-corrected chi connectivity index (χ4v) is 1.98. The van der Waals surface area contributed by atoms with Crippen LogP contribution >= 0.6 is 0 Å². The second kappa shape index (κ2) is 3.62. The molecule has 0 saturated carbocycles. The summed E-state index contributed by atoms with van der Waals surface area (Å²) >= 11 is 0. The molecule has 0 aliphatic carbocycles. The molecule has 0 bridgehead atoms. The molecule has 3 rings (SSSR count). The number of methoxy groups -OCH3 is 1. The number of carbonyl (C=O) groups is 1. The fourth-order valence-electron chi connectivity index (χ4n) is 1.98. The molecule has 0 spiro atoms. The van der Waals surface area contributed by atoms with Gasteiger partial charge in [-0.2, -0.15) is 0 Å². The van der Waals surface area contributed by atoms with Crippen LogP contribution < -0.4 is 5.32 Å². The first kappa shape index (κ1) is 9.89. The van der Waals surface area contributed by atoms with Gasteiger partial charge in [0.1, 0.15) is 0 Å². The summed E-state index contributed by atoms with van der Waals surface area (Å²) in [6.45, 7) is 0.741. The van der Waals surface area contributed by atoms with E-state index in [1.807, 2.05) is 10.6 Å². The average Bonchev–Trinajstić information content (AvgIpc) is 2.85. The number of aromatic nitrogens is 2. The van der Waals surface area contributed by atoms with Gasteiger partial charge in [0.2, 0.25) is 0 Å². The number of anilines is 1. The van der Waals surface area contributed by atoms with E-state index in [-0.39, 0.29) is 5.97 Å². The number of imidazole rings is 1. The Hall–Kier alpha value is -2.30. The van der Waals surface area contributed by atoms with Crippen molar-refractivity contribution in [3.05, 3.63) is 42.0 Å². The first-order valence-electron chi connectivity index (χ1n) is 5.27. The van der Waals surface area contributed by atoms with Crippen molar-refractivity contribution in [2.75, 3.05) is 12.4 Å². The van der Waals surface area contributed by atoms with Crippen LogP contribution in [0.3, 0.4) is 0 Å². The molecule has 2 aromatic rings. The van der Waals surface area contributed by atoms with Crippen LogP contribution in [0, 0.1) is 0 Å². The fraction of sp³-hybridized carbons (Fsp3) is 0.167. The topological polar surface area (TPSA) is 56.2 Å². The zero-order valence-corrected chi connectivity index (χ0v) is 9.30. The van der Waals surface area contributed by atoms with Crippen LogP contribution in [0.5, 0.6) is 0 Å². The molecule has 86 valence electrons. The number of nitrogens with one attached hydrogen (secondary N) is 1. The molecule has 1 aliphatic rings. The molecule has 1 aliphatic heterocycles. The summed E-state index contributed by atoms with van der Waals surface area (Å²) in [6, 6.07) is 5.43. The van der Waals surface area contributed by atoms with Crippen LogP contribution in [0.15, 0.2) is 30.7 Å². The minimum Gasteiger partial charge on any atom is -0.465 e. The largest absolute Gasteiger partial charge is 0.465 e. The molecule has 5 heteroatoms. The van der Waals surface area contributed by atoms with Gasteiger partial charge in [0.25, 0.3) is 0 Å². The van der Waals surface area contributed by atoms with Crippen molar-refractivity contribution < 1.29 is 9.53 Å². The van der Waals surface area contributed by atoms with E-state index in [2.05, 4.69) is 10.3 Å². The second-order valence-electron chi connectivity index (χ2n) is 3.83. The third-order valence-electron chi connectivity index (χ3n) is 2.85. The lowest BCUT2D eigenvalue weighted by Crippen LogP contribution is -2.15. The molecule has 17 heavy (non-hydrogen) atoms. The normalized spacial score (nSPS) is 12.3. The van der Waals surface area contributed by atoms with Crippen molar-refractivity contribution in [3.8, 4) is 5.69 Å². The number of rotatable bonds is 1. The summed E-state index contributed by atoms with van der Waals surface area (Å²) in [5.41, 5.74) is 3.52. The summed E-state index contributed by atoms with van der Waals surface area (Å²) in [4.78, 5) is 15.6. The lowest BCUT2D eigenvalue weighted by Gasteiger charge is -2.20. The summed E-state index contributed by atoms with van der Waals surface area (Å²) in [5.74, 6) is -0.333. The molecule has 0 unspecified atom stereocenters. The van der Waals surface area contributed by atoms with Gasteiger partial charge in [-0.1, -0.05) is 0 Å². The first-order valence-corrected chi connectivity index (χ1v) is 5.27. The van der Waals surface area contributed by atoms with E-state index >= 15 is 0 Å². The Balaban J connectivity index is 2.15. The predicted molar refractivity (Wildman–Crippen MR) is 62.2 cm³/mol. The molecular weight excluding hydrogens is 218 g/mol. The summed E-state index contributed by atoms with van der Waals surface area (Å²) in [7, 11) is 1.38. The Morgan fingerprint density at radius 1 is 1.53 bits per heavy atom. The minimum atomic E-state index is -0.333. The number of carbonyl (C=O) groups excluding carboxylic acids is 1. The van der Waals surface area contributed by atoms with Gasteiger partial charge in [0.05, 0.1) is 48.8 Å². The maximum atomic E-state index is 11.5. The number of hydrogen-bond acceptors (Lipinski definition) is 4. The number of esters is 1. The summed E-state index contributed by atoms with van der Waals surface area (Å²) in [6.07, 6.45) is 3.55. The Morgan fingerprint density at radius 3 is 3.24 bits per heavy atom. The monoisotopic (exact) mass is 229 g/mol. The zero-order chi connectivity index (χ0) is 11.8. The van der Waals surface area contributed by atoms with Crippen LogP contribution in [0.4, 0.5) is 5.69 Å². The van der Waals surface area contributed by atoms with E-state index < -0.39 is 0 Å². The number of hydrogen-bond donors (Lipinski definition) is 1. The quantitative estimate of drug-likeness (QED) is 0.754. The molecule has 0 saturated heterocycles. The van der Waals surface area contributed by atoms with Gasteiger partial charge < -0.3 is 10.1 Å². The van der Waals surface area contributed by atoms with Gasteiger partial charge in [-0.3, -0.25) is 4.57 Å². The lowest BCUT2D eigenvalue weighted by molar-refractivity contribution is 0.0600. The van der Waals surface area contributed by atoms with Gasteiger partial charge in [-0.15, -0.1) is 0 Å². The van der Waals surface area contributed by atoms with Gasteiger partial charge >= 0.3 is 5.97 Å². The molecule has 0 atom stereocenters. The number of fused-ring (bicyclic) bond motifs is 3. The van der Waals surface area contributed by atoms with Crippen molar-refractivity contribution in [2.45, 2.75) is 6.54 Å². The highest BCUT2D eigenvalue weighted by molar-refractivity contribution is 5.91. The standard InChI is InChI=1S/C12H11N3O2/c1-17-12(16)8-2-3-10-11(4-8)15-7-13-5-9(15)6-14-10/h2-5,7,14H,6H2,1H3. The van der Waals surface area contributed by atoms with Gasteiger partial charge in [0, 0.05) is 0 Å². The summed E-state index contributed by atoms with van der Waals surface area (Å²) < 4.78 is 6.68. The van der Waals surface area contributed by atoms with Gasteiger partial charge in [-0.05, 0) is 18.2 Å². The SMILES string of the molecule is COC(=O)c1ccc2c(c1)-n1cncc1CN2. The third-order valence-corrected chi connectivity index (χ3v) is 2.85. The third kappa shape index (κ3) is 1.47.